The van der Waals surface area contributed by atoms with Crippen LogP contribution in [0.2, 0.25) is 0 Å². The minimum atomic E-state index is -1.72. The molecule has 0 atom stereocenters. The summed E-state index contributed by atoms with van der Waals surface area (Å²) in [6.45, 7) is 0. The van der Waals surface area contributed by atoms with Gasteiger partial charge in [0, 0.05) is 0 Å². The van der Waals surface area contributed by atoms with Gasteiger partial charge in [-0.05, 0) is 12.2 Å². The summed E-state index contributed by atoms with van der Waals surface area (Å²) >= 11 is 4.16. The summed E-state index contributed by atoms with van der Waals surface area (Å²) in [6.07, 6.45) is -1.72. The van der Waals surface area contributed by atoms with E-state index >= 15 is 0 Å². The van der Waals surface area contributed by atoms with E-state index in [0.717, 1.165) is 0 Å². The molecule has 0 fully saturated rings. The van der Waals surface area contributed by atoms with Crippen molar-refractivity contribution in [2.24, 2.45) is 5.73 Å². The maximum Gasteiger partial charge on any atom is 1.00 e. The Balaban J connectivity index is 0. The van der Waals surface area contributed by atoms with Crippen molar-refractivity contribution in [3.05, 3.63) is 0 Å². The number of nitrogens with two attached hydrogens (primary N) is 1. The van der Waals surface area contributed by atoms with Crippen molar-refractivity contribution in [3.8, 4) is 0 Å². The fourth-order valence-corrected chi connectivity index (χ4v) is 0.134. The Kier molecular flexibility index (Phi) is 9.17. The average molecular weight is 174 g/mol. The molecule has 5 nitrogen and oxygen atoms in total. The summed E-state index contributed by atoms with van der Waals surface area (Å²) in [7, 11) is 0. The number of carbonyl (C=O) groups is 1. The summed E-state index contributed by atoms with van der Waals surface area (Å²) in [5, 5.41) is 9.14. The van der Waals surface area contributed by atoms with Gasteiger partial charge in [0.15, 0.2) is 5.11 Å². The van der Waals surface area contributed by atoms with Crippen LogP contribution < -0.4 is 67.7 Å². The van der Waals surface area contributed by atoms with Crippen molar-refractivity contribution in [2.45, 2.75) is 0 Å². The Morgan fingerprint density at radius 3 is 2.33 bits per heavy atom. The van der Waals surface area contributed by atoms with Gasteiger partial charge in [-0.1, -0.05) is 0 Å². The number of hydrogen-bond acceptors (Lipinski definition) is 4. The van der Waals surface area contributed by atoms with Crippen LogP contribution in [0.3, 0.4) is 0 Å². The number of nitrogens with one attached hydrogen (secondary N) is 1. The van der Waals surface area contributed by atoms with Crippen molar-refractivity contribution >= 4 is 23.5 Å². The van der Waals surface area contributed by atoms with Gasteiger partial charge in [-0.15, -0.1) is 0 Å². The third-order valence-electron chi connectivity index (χ3n) is 0.235. The van der Waals surface area contributed by atoms with Gasteiger partial charge in [-0.2, -0.15) is 0 Å². The van der Waals surface area contributed by atoms with Gasteiger partial charge in [-0.3, -0.25) is 5.48 Å². The van der Waals surface area contributed by atoms with E-state index in [1.165, 1.54) is 0 Å². The number of rotatable bonds is 0. The molecule has 9 heavy (non-hydrogen) atoms. The predicted octanol–water partition coefficient (Wildman–Crippen LogP) is -4.90. The molecular weight excluding hydrogens is 171 g/mol. The van der Waals surface area contributed by atoms with Crippen molar-refractivity contribution in [1.29, 1.82) is 0 Å². The molecule has 7 heteroatoms. The largest absolute Gasteiger partial charge is 1.00 e. The molecule has 0 spiro atoms. The van der Waals surface area contributed by atoms with E-state index in [9.17, 15) is 9.90 Å². The van der Waals surface area contributed by atoms with Crippen LogP contribution in [0.1, 0.15) is 0 Å². The number of thiocarbonyl (C=S) groups is 1. The topological polar surface area (TPSA) is 87.4 Å². The monoisotopic (exact) mass is 174 g/mol. The zero-order valence-electron chi connectivity index (χ0n) is 4.71. The van der Waals surface area contributed by atoms with E-state index in [-0.39, 0.29) is 56.5 Å². The first-order valence-electron chi connectivity index (χ1n) is 1.56. The average Bonchev–Trinajstić information content (AvgIpc) is 1.61. The first kappa shape index (κ1) is 12.3. The molecule has 0 radical (unpaired) electrons. The van der Waals surface area contributed by atoms with Crippen LogP contribution in [0.5, 0.6) is 0 Å². The molecule has 0 unspecified atom stereocenters. The van der Waals surface area contributed by atoms with Crippen LogP contribution in [0, 0.1) is 0 Å². The Morgan fingerprint density at radius 2 is 2.22 bits per heavy atom. The van der Waals surface area contributed by atoms with E-state index in [4.69, 9.17) is 5.73 Å². The number of carbonyl (C=O) groups excluding carboxylic acids is 1. The van der Waals surface area contributed by atoms with Gasteiger partial charge in [0.05, 0.1) is 0 Å². The quantitative estimate of drug-likeness (QED) is 0.217. The zero-order valence-corrected chi connectivity index (χ0v) is 8.65. The first-order valence-corrected chi connectivity index (χ1v) is 1.97. The van der Waals surface area contributed by atoms with Crippen molar-refractivity contribution < 1.29 is 66.1 Å². The second-order valence-corrected chi connectivity index (χ2v) is 1.26. The van der Waals surface area contributed by atoms with Crippen LogP contribution in [0.15, 0.2) is 0 Å². The van der Waals surface area contributed by atoms with Crippen molar-refractivity contribution in [1.82, 2.24) is 5.48 Å². The summed E-state index contributed by atoms with van der Waals surface area (Å²) in [5.41, 5.74) is 6.44. The fourth-order valence-electron chi connectivity index (χ4n) is 0.0920. The molecule has 0 aromatic heterocycles. The van der Waals surface area contributed by atoms with Crippen molar-refractivity contribution in [3.63, 3.8) is 0 Å². The van der Waals surface area contributed by atoms with Gasteiger partial charge in [0.2, 0.25) is 0 Å². The molecule has 0 rings (SSSR count). The Morgan fingerprint density at radius 1 is 1.78 bits per heavy atom. The van der Waals surface area contributed by atoms with Gasteiger partial charge >= 0.3 is 51.4 Å². The summed E-state index contributed by atoms with van der Waals surface area (Å²) < 4.78 is 0. The van der Waals surface area contributed by atoms with Crippen LogP contribution in [0.25, 0.3) is 0 Å². The Labute approximate surface area is 99.3 Å². The molecule has 0 aromatic carbocycles. The Bertz CT molecular complexity index is 104. The van der Waals surface area contributed by atoms with Gasteiger partial charge < -0.3 is 20.5 Å². The second-order valence-electron chi connectivity index (χ2n) is 0.818. The zero-order chi connectivity index (χ0) is 6.57. The van der Waals surface area contributed by atoms with Crippen molar-refractivity contribution in [2.75, 3.05) is 0 Å². The van der Waals surface area contributed by atoms with E-state index in [2.05, 4.69) is 17.1 Å². The Hall–Kier alpha value is 0.596. The number of hydrogen-bond donors (Lipinski definition) is 2. The molecule has 3 N–H and O–H groups in total. The molecule has 0 saturated heterocycles. The van der Waals surface area contributed by atoms with Crippen LogP contribution >= 0.6 is 12.2 Å². The normalized spacial score (nSPS) is 6.67. The minimum Gasteiger partial charge on any atom is -0.441 e. The SMILES string of the molecule is NC(=S)NOC(=O)[O-].[K+]. The molecule has 0 amide bonds. The van der Waals surface area contributed by atoms with Crippen LogP contribution in [-0.2, 0) is 4.84 Å². The molecule has 0 saturated carbocycles. The molecule has 0 aliphatic carbocycles. The van der Waals surface area contributed by atoms with Gasteiger partial charge in [0.1, 0.15) is 0 Å². The summed E-state index contributed by atoms with van der Waals surface area (Å²) in [5.74, 6) is 0. The van der Waals surface area contributed by atoms with Gasteiger partial charge in [-0.25, -0.2) is 0 Å². The second kappa shape index (κ2) is 6.71. The van der Waals surface area contributed by atoms with E-state index in [1.54, 1.807) is 5.48 Å². The molecule has 0 bridgehead atoms. The standard InChI is InChI=1S/C2H4N2O3S.K/c3-1(8)4-7-2(5)6;/h(H,5,6)(H3,3,4,8);/q;+1/p-1. The molecule has 0 aliphatic rings. The molecule has 0 aliphatic heterocycles. The predicted molar refractivity (Wildman–Crippen MR) is 26.4 cm³/mol. The molecule has 46 valence electrons. The van der Waals surface area contributed by atoms with Crippen LogP contribution in [0.4, 0.5) is 4.79 Å². The van der Waals surface area contributed by atoms with E-state index < -0.39 is 6.16 Å². The number of carboxylic acid groups (broad SMARTS) is 1. The van der Waals surface area contributed by atoms with Gasteiger partial charge in [0.25, 0.3) is 6.16 Å². The first-order chi connectivity index (χ1) is 3.63. The summed E-state index contributed by atoms with van der Waals surface area (Å²) in [6, 6.07) is 0. The third-order valence-corrected chi connectivity index (χ3v) is 0.318. The van der Waals surface area contributed by atoms with Crippen LogP contribution in [-0.4, -0.2) is 11.3 Å². The fraction of sp³-hybridized carbons (Fsp3) is 0. The van der Waals surface area contributed by atoms with E-state index in [1.807, 2.05) is 0 Å². The number of hydroxylamine groups is 1. The van der Waals surface area contributed by atoms with E-state index in [0.29, 0.717) is 0 Å². The molecule has 0 aromatic rings. The third kappa shape index (κ3) is 11.9. The summed E-state index contributed by atoms with van der Waals surface area (Å²) in [4.78, 5) is 13.0. The molecule has 0 heterocycles. The maximum absolute atomic E-state index is 9.39. The smallest absolute Gasteiger partial charge is 0.441 e. The minimum absolute atomic E-state index is 0. The maximum atomic E-state index is 9.39. The molecular formula is C2H3KN2O3S.